The van der Waals surface area contributed by atoms with Gasteiger partial charge >= 0.3 is 0 Å². The fourth-order valence-corrected chi connectivity index (χ4v) is 4.29. The third kappa shape index (κ3) is 4.83. The van der Waals surface area contributed by atoms with E-state index >= 15 is 0 Å². The molecule has 0 aromatic carbocycles. The van der Waals surface area contributed by atoms with Gasteiger partial charge in [-0.1, -0.05) is 0 Å². The fraction of sp³-hybridized carbons (Fsp3) is 0.476. The second kappa shape index (κ2) is 8.61. The van der Waals surface area contributed by atoms with Gasteiger partial charge in [-0.15, -0.1) is 11.3 Å². The van der Waals surface area contributed by atoms with E-state index in [0.29, 0.717) is 6.61 Å². The van der Waals surface area contributed by atoms with Gasteiger partial charge in [-0.25, -0.2) is 4.98 Å². The SMILES string of the molecule is CCn1cc(CN2CCOC(c3cc(Nc4ncc(C)s4)cc(C)n3)C2)c(C)n1. The highest BCUT2D eigenvalue weighted by molar-refractivity contribution is 7.15. The maximum Gasteiger partial charge on any atom is 0.187 e. The van der Waals surface area contributed by atoms with Crippen LogP contribution in [0.25, 0.3) is 0 Å². The Morgan fingerprint density at radius 3 is 2.86 bits per heavy atom. The number of nitrogens with zero attached hydrogens (tertiary/aromatic N) is 5. The van der Waals surface area contributed by atoms with Crippen molar-refractivity contribution in [3.63, 3.8) is 0 Å². The number of rotatable bonds is 6. The van der Waals surface area contributed by atoms with E-state index in [0.717, 1.165) is 54.1 Å². The molecule has 1 saturated heterocycles. The quantitative estimate of drug-likeness (QED) is 0.660. The van der Waals surface area contributed by atoms with Crippen LogP contribution in [0, 0.1) is 20.8 Å². The van der Waals surface area contributed by atoms with Crippen LogP contribution in [0.5, 0.6) is 0 Å². The Hall–Kier alpha value is -2.29. The lowest BCUT2D eigenvalue weighted by molar-refractivity contribution is -0.0350. The van der Waals surface area contributed by atoms with Crippen molar-refractivity contribution in [3.05, 3.63) is 52.0 Å². The minimum atomic E-state index is -0.0382. The maximum atomic E-state index is 6.09. The van der Waals surface area contributed by atoms with Crippen LogP contribution < -0.4 is 5.32 Å². The molecule has 3 aromatic rings. The largest absolute Gasteiger partial charge is 0.369 e. The van der Waals surface area contributed by atoms with Gasteiger partial charge in [-0.3, -0.25) is 14.6 Å². The van der Waals surface area contributed by atoms with E-state index < -0.39 is 0 Å². The zero-order chi connectivity index (χ0) is 20.4. The van der Waals surface area contributed by atoms with Gasteiger partial charge in [0, 0.05) is 60.4 Å². The third-order valence-corrected chi connectivity index (χ3v) is 5.92. The van der Waals surface area contributed by atoms with E-state index in [4.69, 9.17) is 9.72 Å². The van der Waals surface area contributed by atoms with Crippen LogP contribution in [0.3, 0.4) is 0 Å². The Morgan fingerprint density at radius 2 is 2.14 bits per heavy atom. The minimum absolute atomic E-state index is 0.0382. The number of nitrogens with one attached hydrogen (secondary N) is 1. The maximum absolute atomic E-state index is 6.09. The topological polar surface area (TPSA) is 68.1 Å². The van der Waals surface area contributed by atoms with Gasteiger partial charge in [0.25, 0.3) is 0 Å². The average molecular weight is 413 g/mol. The van der Waals surface area contributed by atoms with Crippen LogP contribution in [-0.4, -0.2) is 44.3 Å². The van der Waals surface area contributed by atoms with Gasteiger partial charge in [-0.2, -0.15) is 5.10 Å². The normalized spacial score (nSPS) is 17.6. The van der Waals surface area contributed by atoms with E-state index in [1.54, 1.807) is 11.3 Å². The highest BCUT2D eigenvalue weighted by Crippen LogP contribution is 2.27. The van der Waals surface area contributed by atoms with Gasteiger partial charge in [0.05, 0.1) is 18.0 Å². The first-order valence-corrected chi connectivity index (χ1v) is 10.9. The summed E-state index contributed by atoms with van der Waals surface area (Å²) in [5.74, 6) is 0. The summed E-state index contributed by atoms with van der Waals surface area (Å²) in [7, 11) is 0. The summed E-state index contributed by atoms with van der Waals surface area (Å²) in [5, 5.41) is 8.87. The molecule has 8 heteroatoms. The zero-order valence-electron chi connectivity index (χ0n) is 17.5. The molecule has 4 rings (SSSR count). The highest BCUT2D eigenvalue weighted by atomic mass is 32.1. The number of hydrogen-bond acceptors (Lipinski definition) is 7. The van der Waals surface area contributed by atoms with Gasteiger partial charge in [-0.05, 0) is 39.8 Å². The minimum Gasteiger partial charge on any atom is -0.369 e. The molecule has 0 spiro atoms. The molecule has 1 aliphatic rings. The summed E-state index contributed by atoms with van der Waals surface area (Å²) in [4.78, 5) is 12.8. The number of aromatic nitrogens is 4. The molecule has 4 heterocycles. The lowest BCUT2D eigenvalue weighted by Crippen LogP contribution is -2.38. The molecule has 0 amide bonds. The van der Waals surface area contributed by atoms with Crippen LogP contribution in [0.1, 0.15) is 40.6 Å². The van der Waals surface area contributed by atoms with Crippen molar-refractivity contribution >= 4 is 22.2 Å². The first-order valence-electron chi connectivity index (χ1n) is 10.0. The number of pyridine rings is 1. The predicted octanol–water partition coefficient (Wildman–Crippen LogP) is 4.00. The van der Waals surface area contributed by atoms with E-state index in [1.165, 1.54) is 10.4 Å². The number of morpholine rings is 1. The summed E-state index contributed by atoms with van der Waals surface area (Å²) >= 11 is 1.65. The zero-order valence-corrected chi connectivity index (χ0v) is 18.3. The van der Waals surface area contributed by atoms with E-state index in [1.807, 2.05) is 23.9 Å². The summed E-state index contributed by atoms with van der Waals surface area (Å²) in [5.41, 5.74) is 5.33. The lowest BCUT2D eigenvalue weighted by Gasteiger charge is -2.32. The number of anilines is 2. The molecule has 29 heavy (non-hydrogen) atoms. The van der Waals surface area contributed by atoms with Crippen LogP contribution >= 0.6 is 11.3 Å². The molecule has 1 aliphatic heterocycles. The molecule has 3 aromatic heterocycles. The van der Waals surface area contributed by atoms with Crippen molar-refractivity contribution in [1.82, 2.24) is 24.6 Å². The summed E-state index contributed by atoms with van der Waals surface area (Å²) in [6.07, 6.45) is 4.00. The molecule has 0 saturated carbocycles. The third-order valence-electron chi connectivity index (χ3n) is 5.09. The molecular formula is C21H28N6OS. The molecule has 1 atom stereocenters. The number of hydrogen-bond donors (Lipinski definition) is 1. The Balaban J connectivity index is 1.48. The smallest absolute Gasteiger partial charge is 0.187 e. The number of thiazole rings is 1. The average Bonchev–Trinajstić information content (AvgIpc) is 3.26. The van der Waals surface area contributed by atoms with Crippen LogP contribution in [0.15, 0.2) is 24.5 Å². The predicted molar refractivity (Wildman–Crippen MR) is 116 cm³/mol. The van der Waals surface area contributed by atoms with Crippen molar-refractivity contribution in [1.29, 1.82) is 0 Å². The first kappa shape index (κ1) is 20.0. The molecule has 154 valence electrons. The molecular weight excluding hydrogens is 384 g/mol. The van der Waals surface area contributed by atoms with E-state index in [9.17, 15) is 0 Å². The number of ether oxygens (including phenoxy) is 1. The van der Waals surface area contributed by atoms with Crippen LogP contribution in [0.2, 0.25) is 0 Å². The van der Waals surface area contributed by atoms with Gasteiger partial charge in [0.1, 0.15) is 6.10 Å². The Labute approximate surface area is 175 Å². The summed E-state index contributed by atoms with van der Waals surface area (Å²) < 4.78 is 8.09. The van der Waals surface area contributed by atoms with Gasteiger partial charge in [0.2, 0.25) is 0 Å². The Kier molecular flexibility index (Phi) is 5.94. The second-order valence-electron chi connectivity index (χ2n) is 7.51. The lowest BCUT2D eigenvalue weighted by atomic mass is 10.1. The van der Waals surface area contributed by atoms with Crippen LogP contribution in [0.4, 0.5) is 10.8 Å². The van der Waals surface area contributed by atoms with Crippen molar-refractivity contribution in [2.24, 2.45) is 0 Å². The molecule has 1 N–H and O–H groups in total. The fourth-order valence-electron chi connectivity index (χ4n) is 3.61. The molecule has 0 radical (unpaired) electrons. The van der Waals surface area contributed by atoms with Crippen molar-refractivity contribution in [2.75, 3.05) is 25.0 Å². The standard InChI is InChI=1S/C21H28N6OS/c1-5-27-12-17(16(4)25-27)11-26-6-7-28-20(13-26)19-9-18(8-14(2)23-19)24-21-22-10-15(3)29-21/h8-10,12,20H,5-7,11,13H2,1-4H3,(H,22,23,24). The second-order valence-corrected chi connectivity index (χ2v) is 8.75. The molecule has 1 unspecified atom stereocenters. The Morgan fingerprint density at radius 1 is 1.28 bits per heavy atom. The molecule has 7 nitrogen and oxygen atoms in total. The van der Waals surface area contributed by atoms with Gasteiger partial charge < -0.3 is 10.1 Å². The highest BCUT2D eigenvalue weighted by Gasteiger charge is 2.24. The monoisotopic (exact) mass is 412 g/mol. The Bertz CT molecular complexity index is 981. The molecule has 1 fully saturated rings. The van der Waals surface area contributed by atoms with Gasteiger partial charge in [0.15, 0.2) is 5.13 Å². The number of aryl methyl sites for hydroxylation is 4. The first-order chi connectivity index (χ1) is 14.0. The summed E-state index contributed by atoms with van der Waals surface area (Å²) in [6, 6.07) is 4.13. The molecule has 0 aliphatic carbocycles. The van der Waals surface area contributed by atoms with E-state index in [-0.39, 0.29) is 6.10 Å². The van der Waals surface area contributed by atoms with Crippen molar-refractivity contribution < 1.29 is 4.74 Å². The molecule has 0 bridgehead atoms. The van der Waals surface area contributed by atoms with Crippen molar-refractivity contribution in [3.8, 4) is 0 Å². The summed E-state index contributed by atoms with van der Waals surface area (Å²) in [6.45, 7) is 12.5. The van der Waals surface area contributed by atoms with Crippen LogP contribution in [-0.2, 0) is 17.8 Å². The van der Waals surface area contributed by atoms with Crippen molar-refractivity contribution in [2.45, 2.75) is 46.9 Å². The van der Waals surface area contributed by atoms with E-state index in [2.05, 4.69) is 53.3 Å².